The second-order valence-electron chi connectivity index (χ2n) is 6.81. The quantitative estimate of drug-likeness (QED) is 0.221. The highest BCUT2D eigenvalue weighted by Gasteiger charge is 2.31. The molecule has 0 atom stereocenters. The minimum absolute atomic E-state index is 0.0111. The zero-order valence-electron chi connectivity index (χ0n) is 18.9. The van der Waals surface area contributed by atoms with Gasteiger partial charge in [-0.05, 0) is 43.3 Å². The van der Waals surface area contributed by atoms with Crippen molar-refractivity contribution in [1.29, 1.82) is 0 Å². The van der Waals surface area contributed by atoms with Crippen molar-refractivity contribution in [2.45, 2.75) is 13.1 Å². The summed E-state index contributed by atoms with van der Waals surface area (Å²) in [6, 6.07) is 9.29. The van der Waals surface area contributed by atoms with Crippen LogP contribution in [-0.4, -0.2) is 29.7 Å². The topological polar surface area (TPSA) is 108 Å². The Morgan fingerprint density at radius 1 is 1.00 bits per heavy atom. The van der Waals surface area contributed by atoms with Gasteiger partial charge in [-0.2, -0.15) is 13.2 Å². The molecule has 0 amide bonds. The van der Waals surface area contributed by atoms with Gasteiger partial charge in [0.25, 0.3) is 0 Å². The van der Waals surface area contributed by atoms with Gasteiger partial charge in [0.05, 0.1) is 39.3 Å². The number of methoxy groups -OCH3 is 1. The van der Waals surface area contributed by atoms with Gasteiger partial charge in [-0.3, -0.25) is 10.1 Å². The van der Waals surface area contributed by atoms with Gasteiger partial charge in [-0.25, -0.2) is 4.79 Å². The Kier molecular flexibility index (Phi) is 10.2. The van der Waals surface area contributed by atoms with Crippen LogP contribution in [-0.2, 0) is 6.18 Å². The zero-order chi connectivity index (χ0) is 27.9. The minimum atomic E-state index is -4.52. The number of hydrogen-bond acceptors (Lipinski definition) is 6. The molecule has 3 aromatic carbocycles. The summed E-state index contributed by atoms with van der Waals surface area (Å²) in [5.41, 5.74) is -1.27. The Hall–Kier alpha value is -3.41. The average molecular weight is 583 g/mol. The number of rotatable bonds is 7. The number of nitrogens with zero attached hydrogens (tertiary/aromatic N) is 1. The van der Waals surface area contributed by atoms with Crippen LogP contribution in [0.4, 0.5) is 18.9 Å². The molecule has 0 heterocycles. The molecule has 1 N–H and O–H groups in total. The van der Waals surface area contributed by atoms with Crippen molar-refractivity contribution in [2.24, 2.45) is 0 Å². The number of alkyl halides is 3. The van der Waals surface area contributed by atoms with Crippen LogP contribution in [0.25, 0.3) is 0 Å². The summed E-state index contributed by atoms with van der Waals surface area (Å²) in [6.07, 6.45) is -4.52. The first-order chi connectivity index (χ1) is 17.3. The van der Waals surface area contributed by atoms with E-state index in [1.807, 2.05) is 0 Å². The predicted molar refractivity (Wildman–Crippen MR) is 131 cm³/mol. The number of carbonyl (C=O) groups is 1. The molecule has 14 heteroatoms. The lowest BCUT2D eigenvalue weighted by molar-refractivity contribution is -0.385. The molecule has 3 aromatic rings. The lowest BCUT2D eigenvalue weighted by Crippen LogP contribution is -2.04. The summed E-state index contributed by atoms with van der Waals surface area (Å²) < 4.78 is 53.2. The maximum atomic E-state index is 12.6. The van der Waals surface area contributed by atoms with Gasteiger partial charge < -0.3 is 19.3 Å². The molecule has 0 spiro atoms. The van der Waals surface area contributed by atoms with E-state index < -0.39 is 22.6 Å². The van der Waals surface area contributed by atoms with Crippen molar-refractivity contribution in [3.63, 3.8) is 0 Å². The summed E-state index contributed by atoms with van der Waals surface area (Å²) in [7, 11) is 1.34. The van der Waals surface area contributed by atoms with Gasteiger partial charge in [0.15, 0.2) is 5.75 Å². The maximum absolute atomic E-state index is 12.6. The van der Waals surface area contributed by atoms with E-state index in [0.29, 0.717) is 0 Å². The average Bonchev–Trinajstić information content (AvgIpc) is 2.81. The number of nitro benzene ring substituents is 1. The number of ether oxygens (including phenoxy) is 3. The van der Waals surface area contributed by atoms with Crippen LogP contribution in [0.15, 0.2) is 48.5 Å². The first kappa shape index (κ1) is 29.8. The fourth-order valence-corrected chi connectivity index (χ4v) is 3.48. The summed E-state index contributed by atoms with van der Waals surface area (Å²) in [5, 5.41) is 19.8. The molecule has 8 nitrogen and oxygen atoms in total. The van der Waals surface area contributed by atoms with Gasteiger partial charge in [-0.1, -0.05) is 34.8 Å². The lowest BCUT2D eigenvalue weighted by Gasteiger charge is -2.12. The van der Waals surface area contributed by atoms with E-state index in [1.54, 1.807) is 6.92 Å². The second kappa shape index (κ2) is 12.7. The highest BCUT2D eigenvalue weighted by molar-refractivity contribution is 6.37. The molecule has 0 fully saturated rings. The molecule has 0 saturated carbocycles. The number of aromatic carboxylic acids is 1. The van der Waals surface area contributed by atoms with Crippen LogP contribution in [0, 0.1) is 10.1 Å². The van der Waals surface area contributed by atoms with E-state index in [-0.39, 0.29) is 55.9 Å². The highest BCUT2D eigenvalue weighted by Crippen LogP contribution is 2.38. The lowest BCUT2D eigenvalue weighted by atomic mass is 10.2. The molecule has 0 aliphatic heterocycles. The minimum Gasteiger partial charge on any atom is -0.494 e. The van der Waals surface area contributed by atoms with Crippen molar-refractivity contribution < 1.29 is 42.2 Å². The van der Waals surface area contributed by atoms with Crippen LogP contribution in [0.5, 0.6) is 23.0 Å². The monoisotopic (exact) mass is 581 g/mol. The van der Waals surface area contributed by atoms with Crippen LogP contribution in [0.3, 0.4) is 0 Å². The molecule has 198 valence electrons. The Bertz CT molecular complexity index is 1300. The molecule has 0 unspecified atom stereocenters. The standard InChI is InChI=1S/C15H11ClF3NO4.C8H6Cl2O3/c1-2-23-14-8-10(4-5-12(14)20(21)22)24-13-6-3-9(7-11(13)16)15(17,18)19;1-13-7-5(10)3-2-4(9)6(7)8(11)12/h3-8H,2H2,1H3;2-3H,1H3,(H,11,12). The van der Waals surface area contributed by atoms with E-state index >= 15 is 0 Å². The molecule has 0 aliphatic carbocycles. The van der Waals surface area contributed by atoms with Crippen LogP contribution >= 0.6 is 34.8 Å². The number of halogens is 6. The third-order valence-corrected chi connectivity index (χ3v) is 5.30. The normalized spacial score (nSPS) is 10.7. The fraction of sp³-hybridized carbons (Fsp3) is 0.174. The maximum Gasteiger partial charge on any atom is 0.416 e. The number of nitro groups is 1. The number of carboxylic acid groups (broad SMARTS) is 1. The first-order valence-corrected chi connectivity index (χ1v) is 11.1. The van der Waals surface area contributed by atoms with Gasteiger partial charge in [0.1, 0.15) is 17.1 Å². The molecule has 3 rings (SSSR count). The zero-order valence-corrected chi connectivity index (χ0v) is 21.2. The van der Waals surface area contributed by atoms with Gasteiger partial charge in [0, 0.05) is 12.1 Å². The molecule has 0 bridgehead atoms. The number of hydrogen-bond donors (Lipinski definition) is 1. The second-order valence-corrected chi connectivity index (χ2v) is 8.03. The van der Waals surface area contributed by atoms with Crippen molar-refractivity contribution in [1.82, 2.24) is 0 Å². The van der Waals surface area contributed by atoms with E-state index in [1.165, 1.54) is 37.4 Å². The van der Waals surface area contributed by atoms with E-state index in [0.717, 1.165) is 18.2 Å². The molecule has 0 aliphatic rings. The summed E-state index contributed by atoms with van der Waals surface area (Å²) in [6.45, 7) is 1.86. The molecular formula is C23H17Cl3F3NO7. The molecule has 0 saturated heterocycles. The summed E-state index contributed by atoms with van der Waals surface area (Å²) in [4.78, 5) is 21.0. The Labute approximate surface area is 223 Å². The third kappa shape index (κ3) is 7.78. The fourth-order valence-electron chi connectivity index (χ4n) is 2.80. The molecule has 37 heavy (non-hydrogen) atoms. The summed E-state index contributed by atoms with van der Waals surface area (Å²) in [5.74, 6) is -0.958. The third-order valence-electron chi connectivity index (χ3n) is 4.39. The number of benzene rings is 3. The Morgan fingerprint density at radius 3 is 2.14 bits per heavy atom. The highest BCUT2D eigenvalue weighted by atomic mass is 35.5. The van der Waals surface area contributed by atoms with Gasteiger partial charge >= 0.3 is 17.8 Å². The first-order valence-electron chi connectivity index (χ1n) is 10.0. The van der Waals surface area contributed by atoms with E-state index in [4.69, 9.17) is 54.1 Å². The van der Waals surface area contributed by atoms with Crippen molar-refractivity contribution in [3.05, 3.63) is 84.8 Å². The molecule has 0 radical (unpaired) electrons. The number of carboxylic acids is 1. The Balaban J connectivity index is 0.000000312. The van der Waals surface area contributed by atoms with Crippen LogP contribution in [0.1, 0.15) is 22.8 Å². The van der Waals surface area contributed by atoms with Crippen molar-refractivity contribution in [2.75, 3.05) is 13.7 Å². The van der Waals surface area contributed by atoms with E-state index in [2.05, 4.69) is 0 Å². The van der Waals surface area contributed by atoms with E-state index in [9.17, 15) is 28.1 Å². The van der Waals surface area contributed by atoms with Crippen LogP contribution < -0.4 is 14.2 Å². The van der Waals surface area contributed by atoms with Crippen molar-refractivity contribution >= 4 is 46.5 Å². The van der Waals surface area contributed by atoms with Crippen LogP contribution in [0.2, 0.25) is 15.1 Å². The smallest absolute Gasteiger partial charge is 0.416 e. The molecule has 0 aromatic heterocycles. The van der Waals surface area contributed by atoms with Gasteiger partial charge in [-0.15, -0.1) is 0 Å². The Morgan fingerprint density at radius 2 is 1.65 bits per heavy atom. The van der Waals surface area contributed by atoms with Crippen molar-refractivity contribution in [3.8, 4) is 23.0 Å². The predicted octanol–water partition coefficient (Wildman–Crippen LogP) is 8.16. The largest absolute Gasteiger partial charge is 0.494 e. The SMILES string of the molecule is CCOc1cc(Oc2ccc(C(F)(F)F)cc2Cl)ccc1[N+](=O)[O-].COc1c(Cl)ccc(Cl)c1C(=O)O. The van der Waals surface area contributed by atoms with Gasteiger partial charge in [0.2, 0.25) is 5.75 Å². The summed E-state index contributed by atoms with van der Waals surface area (Å²) >= 11 is 17.2. The molecular weight excluding hydrogens is 566 g/mol.